The Hall–Kier alpha value is -1.44. The lowest BCUT2D eigenvalue weighted by molar-refractivity contribution is -0.195. The third kappa shape index (κ3) is 3.73. The van der Waals surface area contributed by atoms with Gasteiger partial charge in [-0.3, -0.25) is 4.84 Å². The topological polar surface area (TPSA) is 59.1 Å². The van der Waals surface area contributed by atoms with Crippen LogP contribution in [0.1, 0.15) is 46.0 Å². The molecule has 0 spiro atoms. The smallest absolute Gasteiger partial charge is 0.345 e. The van der Waals surface area contributed by atoms with Crippen LogP contribution in [0.4, 0.5) is 13.6 Å². The number of rotatable bonds is 8. The van der Waals surface area contributed by atoms with E-state index in [0.29, 0.717) is 12.8 Å². The standard InChI is InChI=1S/C15H24F2N2O4/c1-3-5-7-22-13(20)11-9-15(16,17)12-10-18(11)14(21)19(12)23-8-6-4-2/h11-12H,3-10H2,1-2H3/t11-,12-/m0/s1. The van der Waals surface area contributed by atoms with Crippen molar-refractivity contribution in [1.29, 1.82) is 0 Å². The molecule has 0 aromatic rings. The van der Waals surface area contributed by atoms with Crippen LogP contribution in [-0.2, 0) is 14.4 Å². The summed E-state index contributed by atoms with van der Waals surface area (Å²) in [5, 5.41) is 0.745. The normalized spacial score (nSPS) is 25.8. The average molecular weight is 334 g/mol. The van der Waals surface area contributed by atoms with E-state index in [1.54, 1.807) is 0 Å². The zero-order chi connectivity index (χ0) is 17.0. The van der Waals surface area contributed by atoms with Crippen molar-refractivity contribution in [3.63, 3.8) is 0 Å². The highest BCUT2D eigenvalue weighted by atomic mass is 19.3. The highest BCUT2D eigenvalue weighted by Gasteiger charge is 2.61. The summed E-state index contributed by atoms with van der Waals surface area (Å²) >= 11 is 0. The number of ether oxygens (including phenoxy) is 1. The van der Waals surface area contributed by atoms with E-state index in [-0.39, 0.29) is 19.8 Å². The number of hydrogen-bond acceptors (Lipinski definition) is 4. The highest BCUT2D eigenvalue weighted by Crippen LogP contribution is 2.41. The van der Waals surface area contributed by atoms with Gasteiger partial charge in [0, 0.05) is 6.42 Å². The molecule has 6 nitrogen and oxygen atoms in total. The van der Waals surface area contributed by atoms with Crippen molar-refractivity contribution in [2.24, 2.45) is 0 Å². The number of nitrogens with zero attached hydrogens (tertiary/aromatic N) is 2. The first-order chi connectivity index (χ1) is 10.9. The molecular formula is C15H24F2N2O4. The molecule has 0 unspecified atom stereocenters. The summed E-state index contributed by atoms with van der Waals surface area (Å²) in [4.78, 5) is 30.7. The van der Waals surface area contributed by atoms with Gasteiger partial charge in [0.1, 0.15) is 12.1 Å². The number of fused-ring (bicyclic) bond motifs is 2. The number of halogens is 2. The quantitative estimate of drug-likeness (QED) is 0.506. The van der Waals surface area contributed by atoms with Crippen molar-refractivity contribution < 1.29 is 27.9 Å². The predicted molar refractivity (Wildman–Crippen MR) is 77.8 cm³/mol. The van der Waals surface area contributed by atoms with E-state index in [2.05, 4.69) is 0 Å². The molecule has 0 aromatic carbocycles. The summed E-state index contributed by atoms with van der Waals surface area (Å²) in [6.45, 7) is 4.04. The van der Waals surface area contributed by atoms with Gasteiger partial charge in [0.15, 0.2) is 0 Å². The molecule has 2 heterocycles. The zero-order valence-electron chi connectivity index (χ0n) is 13.6. The fourth-order valence-electron chi connectivity index (χ4n) is 2.74. The van der Waals surface area contributed by atoms with Gasteiger partial charge < -0.3 is 9.64 Å². The van der Waals surface area contributed by atoms with Gasteiger partial charge in [0.2, 0.25) is 0 Å². The Kier molecular flexibility index (Phi) is 5.78. The second kappa shape index (κ2) is 7.42. The number of carbonyl (C=O) groups excluding carboxylic acids is 2. The molecule has 2 aliphatic rings. The molecule has 0 saturated carbocycles. The average Bonchev–Trinajstić information content (AvgIpc) is 2.80. The van der Waals surface area contributed by atoms with Crippen molar-refractivity contribution in [1.82, 2.24) is 9.96 Å². The zero-order valence-corrected chi connectivity index (χ0v) is 13.6. The van der Waals surface area contributed by atoms with E-state index >= 15 is 0 Å². The Morgan fingerprint density at radius 3 is 2.57 bits per heavy atom. The van der Waals surface area contributed by atoms with Gasteiger partial charge in [-0.25, -0.2) is 18.4 Å². The van der Waals surface area contributed by atoms with E-state index in [4.69, 9.17) is 9.57 Å². The van der Waals surface area contributed by atoms with Gasteiger partial charge in [0.25, 0.3) is 5.92 Å². The number of carbonyl (C=O) groups is 2. The first-order valence-corrected chi connectivity index (χ1v) is 8.19. The van der Waals surface area contributed by atoms with Crippen LogP contribution in [0.25, 0.3) is 0 Å². The summed E-state index contributed by atoms with van der Waals surface area (Å²) in [5.74, 6) is -3.94. The number of amides is 2. The van der Waals surface area contributed by atoms with Crippen LogP contribution in [0.15, 0.2) is 0 Å². The molecule has 8 heteroatoms. The highest BCUT2D eigenvalue weighted by molar-refractivity contribution is 5.86. The van der Waals surface area contributed by atoms with Crippen LogP contribution < -0.4 is 0 Å². The van der Waals surface area contributed by atoms with Crippen LogP contribution in [-0.4, -0.2) is 59.7 Å². The summed E-state index contributed by atoms with van der Waals surface area (Å²) < 4.78 is 33.7. The molecule has 2 aliphatic heterocycles. The van der Waals surface area contributed by atoms with Crippen LogP contribution in [0.2, 0.25) is 0 Å². The maximum atomic E-state index is 14.3. The third-order valence-electron chi connectivity index (χ3n) is 4.16. The molecular weight excluding hydrogens is 310 g/mol. The lowest BCUT2D eigenvalue weighted by Gasteiger charge is -2.34. The Balaban J connectivity index is 2.06. The number of piperidine rings is 1. The van der Waals surface area contributed by atoms with Gasteiger partial charge in [-0.1, -0.05) is 26.7 Å². The third-order valence-corrected chi connectivity index (χ3v) is 4.16. The van der Waals surface area contributed by atoms with E-state index in [1.165, 1.54) is 0 Å². The number of hydroxylamine groups is 2. The van der Waals surface area contributed by atoms with Gasteiger partial charge in [-0.2, -0.15) is 5.06 Å². The Morgan fingerprint density at radius 1 is 1.26 bits per heavy atom. The second-order valence-electron chi connectivity index (χ2n) is 5.97. The lowest BCUT2D eigenvalue weighted by Crippen LogP contribution is -2.54. The van der Waals surface area contributed by atoms with Crippen molar-refractivity contribution in [2.45, 2.75) is 64.0 Å². The van der Waals surface area contributed by atoms with Gasteiger partial charge in [-0.15, -0.1) is 0 Å². The van der Waals surface area contributed by atoms with Crippen LogP contribution >= 0.6 is 0 Å². The molecule has 2 atom stereocenters. The molecule has 2 fully saturated rings. The van der Waals surface area contributed by atoms with Gasteiger partial charge >= 0.3 is 12.0 Å². The maximum absolute atomic E-state index is 14.3. The number of esters is 1. The molecule has 2 rings (SSSR count). The number of urea groups is 1. The minimum Gasteiger partial charge on any atom is -0.464 e. The summed E-state index contributed by atoms with van der Waals surface area (Å²) in [6.07, 6.45) is 2.28. The molecule has 132 valence electrons. The van der Waals surface area contributed by atoms with Crippen molar-refractivity contribution in [3.05, 3.63) is 0 Å². The molecule has 0 aliphatic carbocycles. The number of hydrogen-bond donors (Lipinski definition) is 0. The summed E-state index contributed by atoms with van der Waals surface area (Å²) in [5.41, 5.74) is 0. The van der Waals surface area contributed by atoms with Crippen molar-refractivity contribution in [3.8, 4) is 0 Å². The molecule has 2 amide bonds. The SMILES string of the molecule is CCCCOC(=O)[C@@H]1CC(F)(F)[C@@H]2CN1C(=O)N2OCCCC. The van der Waals surface area contributed by atoms with Crippen LogP contribution in [0.5, 0.6) is 0 Å². The fourth-order valence-corrected chi connectivity index (χ4v) is 2.74. The summed E-state index contributed by atoms with van der Waals surface area (Å²) in [7, 11) is 0. The molecule has 23 heavy (non-hydrogen) atoms. The molecule has 0 N–H and O–H groups in total. The molecule has 0 aromatic heterocycles. The van der Waals surface area contributed by atoms with Crippen molar-refractivity contribution >= 4 is 12.0 Å². The summed E-state index contributed by atoms with van der Waals surface area (Å²) in [6, 6.07) is -3.27. The maximum Gasteiger partial charge on any atom is 0.345 e. The minimum absolute atomic E-state index is 0.180. The van der Waals surface area contributed by atoms with Crippen LogP contribution in [0, 0.1) is 0 Å². The predicted octanol–water partition coefficient (Wildman–Crippen LogP) is 2.58. The number of alkyl halides is 2. The monoisotopic (exact) mass is 334 g/mol. The van der Waals surface area contributed by atoms with E-state index in [1.807, 2.05) is 13.8 Å². The molecule has 0 radical (unpaired) electrons. The second-order valence-corrected chi connectivity index (χ2v) is 5.97. The molecule has 2 saturated heterocycles. The Labute approximate surface area is 134 Å². The lowest BCUT2D eigenvalue weighted by atomic mass is 9.96. The number of unbranched alkanes of at least 4 members (excludes halogenated alkanes) is 2. The van der Waals surface area contributed by atoms with Crippen molar-refractivity contribution in [2.75, 3.05) is 19.8 Å². The molecule has 2 bridgehead atoms. The minimum atomic E-state index is -3.18. The largest absolute Gasteiger partial charge is 0.464 e. The van der Waals surface area contributed by atoms with E-state index < -0.39 is 36.4 Å². The Morgan fingerprint density at radius 2 is 1.91 bits per heavy atom. The van der Waals surface area contributed by atoms with Gasteiger partial charge in [-0.05, 0) is 12.8 Å². The van der Waals surface area contributed by atoms with Gasteiger partial charge in [0.05, 0.1) is 19.8 Å². The first-order valence-electron chi connectivity index (χ1n) is 8.19. The van der Waals surface area contributed by atoms with Crippen LogP contribution in [0.3, 0.4) is 0 Å². The van der Waals surface area contributed by atoms with E-state index in [0.717, 1.165) is 22.8 Å². The fraction of sp³-hybridized carbons (Fsp3) is 0.867. The first kappa shape index (κ1) is 17.9. The Bertz CT molecular complexity index is 447. The van der Waals surface area contributed by atoms with E-state index in [9.17, 15) is 18.4 Å².